The lowest BCUT2D eigenvalue weighted by Gasteiger charge is -2.18. The van der Waals surface area contributed by atoms with E-state index in [2.05, 4.69) is 0 Å². The van der Waals surface area contributed by atoms with E-state index >= 15 is 0 Å². The van der Waals surface area contributed by atoms with Crippen molar-refractivity contribution in [3.63, 3.8) is 0 Å². The van der Waals surface area contributed by atoms with Gasteiger partial charge in [-0.25, -0.2) is 0 Å². The van der Waals surface area contributed by atoms with Gasteiger partial charge in [0.25, 0.3) is 0 Å². The van der Waals surface area contributed by atoms with Crippen LogP contribution in [0.25, 0.3) is 0 Å². The molecule has 1 atom stereocenters. The van der Waals surface area contributed by atoms with Crippen molar-refractivity contribution in [2.75, 3.05) is 0 Å². The molecule has 1 unspecified atom stereocenters. The molecule has 0 radical (unpaired) electrons. The Bertz CT molecular complexity index is 172. The maximum atomic E-state index is 11.8. The standard InChI is InChI=1S/C9H16F3N/c1-8(5-6-8)7(13)3-2-4-9(10,11)12/h7H,2-6,13H2,1H3. The van der Waals surface area contributed by atoms with Gasteiger partial charge in [0, 0.05) is 12.5 Å². The molecular formula is C9H16F3N. The summed E-state index contributed by atoms with van der Waals surface area (Å²) in [6.07, 6.45) is -1.92. The highest BCUT2D eigenvalue weighted by Crippen LogP contribution is 2.48. The average molecular weight is 195 g/mol. The van der Waals surface area contributed by atoms with E-state index in [0.29, 0.717) is 6.42 Å². The lowest BCUT2D eigenvalue weighted by molar-refractivity contribution is -0.135. The summed E-state index contributed by atoms with van der Waals surface area (Å²) < 4.78 is 35.3. The Balaban J connectivity index is 2.12. The highest BCUT2D eigenvalue weighted by molar-refractivity contribution is 4.96. The van der Waals surface area contributed by atoms with Crippen molar-refractivity contribution < 1.29 is 13.2 Å². The molecule has 0 amide bonds. The third-order valence-electron chi connectivity index (χ3n) is 2.91. The molecule has 1 nitrogen and oxygen atoms in total. The van der Waals surface area contributed by atoms with Crippen LogP contribution in [0.15, 0.2) is 0 Å². The van der Waals surface area contributed by atoms with Crippen LogP contribution in [-0.4, -0.2) is 12.2 Å². The van der Waals surface area contributed by atoms with Crippen LogP contribution in [0.5, 0.6) is 0 Å². The number of halogens is 3. The van der Waals surface area contributed by atoms with Gasteiger partial charge < -0.3 is 5.73 Å². The smallest absolute Gasteiger partial charge is 0.327 e. The number of rotatable bonds is 4. The molecule has 0 aliphatic heterocycles. The number of hydrogen-bond acceptors (Lipinski definition) is 1. The molecule has 1 aliphatic rings. The molecule has 0 bridgehead atoms. The largest absolute Gasteiger partial charge is 0.389 e. The van der Waals surface area contributed by atoms with Crippen LogP contribution < -0.4 is 5.73 Å². The fraction of sp³-hybridized carbons (Fsp3) is 1.00. The van der Waals surface area contributed by atoms with Crippen molar-refractivity contribution in [3.8, 4) is 0 Å². The second-order valence-corrected chi connectivity index (χ2v) is 4.27. The van der Waals surface area contributed by atoms with E-state index in [1.54, 1.807) is 0 Å². The molecule has 1 fully saturated rings. The lowest BCUT2D eigenvalue weighted by atomic mass is 9.95. The second-order valence-electron chi connectivity index (χ2n) is 4.27. The Kier molecular flexibility index (Phi) is 2.90. The topological polar surface area (TPSA) is 26.0 Å². The number of alkyl halides is 3. The molecule has 0 heterocycles. The first kappa shape index (κ1) is 10.8. The number of nitrogens with two attached hydrogens (primary N) is 1. The quantitative estimate of drug-likeness (QED) is 0.733. The van der Waals surface area contributed by atoms with Crippen molar-refractivity contribution in [1.82, 2.24) is 0 Å². The van der Waals surface area contributed by atoms with Gasteiger partial charge in [0.1, 0.15) is 0 Å². The molecule has 4 heteroatoms. The van der Waals surface area contributed by atoms with Crippen LogP contribution in [0.1, 0.15) is 39.0 Å². The van der Waals surface area contributed by atoms with Crippen molar-refractivity contribution in [3.05, 3.63) is 0 Å². The molecule has 0 aromatic rings. The van der Waals surface area contributed by atoms with E-state index in [4.69, 9.17) is 5.73 Å². The van der Waals surface area contributed by atoms with Crippen molar-refractivity contribution >= 4 is 0 Å². The first-order valence-corrected chi connectivity index (χ1v) is 4.66. The van der Waals surface area contributed by atoms with Crippen LogP contribution in [0.4, 0.5) is 13.2 Å². The van der Waals surface area contributed by atoms with Crippen molar-refractivity contribution in [2.45, 2.75) is 51.2 Å². The van der Waals surface area contributed by atoms with Gasteiger partial charge in [-0.3, -0.25) is 0 Å². The Labute approximate surface area is 76.5 Å². The molecule has 1 aliphatic carbocycles. The van der Waals surface area contributed by atoms with Gasteiger partial charge >= 0.3 is 6.18 Å². The third-order valence-corrected chi connectivity index (χ3v) is 2.91. The van der Waals surface area contributed by atoms with Crippen molar-refractivity contribution in [2.24, 2.45) is 11.1 Å². The zero-order chi connectivity index (χ0) is 10.1. The Morgan fingerprint density at radius 3 is 2.31 bits per heavy atom. The zero-order valence-corrected chi connectivity index (χ0v) is 7.82. The fourth-order valence-corrected chi connectivity index (χ4v) is 1.44. The maximum Gasteiger partial charge on any atom is 0.389 e. The molecule has 0 saturated heterocycles. The molecular weight excluding hydrogens is 179 g/mol. The molecule has 1 saturated carbocycles. The van der Waals surface area contributed by atoms with E-state index in [1.165, 1.54) is 0 Å². The van der Waals surface area contributed by atoms with Crippen molar-refractivity contribution in [1.29, 1.82) is 0 Å². The first-order valence-electron chi connectivity index (χ1n) is 4.66. The SMILES string of the molecule is CC1(C(N)CCCC(F)(F)F)CC1. The Morgan fingerprint density at radius 1 is 1.38 bits per heavy atom. The summed E-state index contributed by atoms with van der Waals surface area (Å²) in [6, 6.07) is -0.0464. The van der Waals surface area contributed by atoms with E-state index in [1.807, 2.05) is 6.92 Å². The fourth-order valence-electron chi connectivity index (χ4n) is 1.44. The van der Waals surface area contributed by atoms with Gasteiger partial charge in [0.05, 0.1) is 0 Å². The summed E-state index contributed by atoms with van der Waals surface area (Å²) in [6.45, 7) is 2.05. The van der Waals surface area contributed by atoms with Gasteiger partial charge in [0.15, 0.2) is 0 Å². The summed E-state index contributed by atoms with van der Waals surface area (Å²) in [4.78, 5) is 0. The van der Waals surface area contributed by atoms with Crippen LogP contribution in [0.3, 0.4) is 0 Å². The highest BCUT2D eigenvalue weighted by atomic mass is 19.4. The summed E-state index contributed by atoms with van der Waals surface area (Å²) in [7, 11) is 0. The third kappa shape index (κ3) is 3.55. The van der Waals surface area contributed by atoms with Gasteiger partial charge in [-0.1, -0.05) is 6.92 Å². The van der Waals surface area contributed by atoms with E-state index < -0.39 is 12.6 Å². The minimum absolute atomic E-state index is 0.0464. The van der Waals surface area contributed by atoms with Gasteiger partial charge in [-0.15, -0.1) is 0 Å². The van der Waals surface area contributed by atoms with Gasteiger partial charge in [-0.2, -0.15) is 13.2 Å². The van der Waals surface area contributed by atoms with Crippen LogP contribution in [0.2, 0.25) is 0 Å². The normalized spacial score (nSPS) is 22.8. The molecule has 78 valence electrons. The summed E-state index contributed by atoms with van der Waals surface area (Å²) in [5.74, 6) is 0. The minimum Gasteiger partial charge on any atom is -0.327 e. The average Bonchev–Trinajstić information content (AvgIpc) is 2.66. The van der Waals surface area contributed by atoms with Gasteiger partial charge in [-0.05, 0) is 31.1 Å². The van der Waals surface area contributed by atoms with Crippen LogP contribution in [0, 0.1) is 5.41 Å². The van der Waals surface area contributed by atoms with E-state index in [0.717, 1.165) is 12.8 Å². The molecule has 0 aromatic heterocycles. The maximum absolute atomic E-state index is 11.8. The monoisotopic (exact) mass is 195 g/mol. The summed E-state index contributed by atoms with van der Waals surface area (Å²) in [5.41, 5.74) is 5.92. The lowest BCUT2D eigenvalue weighted by Crippen LogP contribution is -2.29. The number of hydrogen-bond donors (Lipinski definition) is 1. The first-order chi connectivity index (χ1) is 5.83. The van der Waals surface area contributed by atoms with Crippen LogP contribution >= 0.6 is 0 Å². The molecule has 2 N–H and O–H groups in total. The van der Waals surface area contributed by atoms with E-state index in [-0.39, 0.29) is 17.9 Å². The molecule has 0 aromatic carbocycles. The Hall–Kier alpha value is -0.250. The van der Waals surface area contributed by atoms with E-state index in [9.17, 15) is 13.2 Å². The Morgan fingerprint density at radius 2 is 1.92 bits per heavy atom. The molecule has 1 rings (SSSR count). The predicted octanol–water partition coefficient (Wildman–Crippen LogP) is 2.85. The second kappa shape index (κ2) is 3.48. The highest BCUT2D eigenvalue weighted by Gasteiger charge is 2.42. The summed E-state index contributed by atoms with van der Waals surface area (Å²) >= 11 is 0. The van der Waals surface area contributed by atoms with Gasteiger partial charge in [0.2, 0.25) is 0 Å². The molecule has 0 spiro atoms. The molecule has 13 heavy (non-hydrogen) atoms. The minimum atomic E-state index is -4.02. The predicted molar refractivity (Wildman–Crippen MR) is 45.2 cm³/mol. The zero-order valence-electron chi connectivity index (χ0n) is 7.82. The van der Waals surface area contributed by atoms with Crippen LogP contribution in [-0.2, 0) is 0 Å². The summed E-state index contributed by atoms with van der Waals surface area (Å²) in [5, 5.41) is 0.